The second-order valence-electron chi connectivity index (χ2n) is 14.6. The Balaban J connectivity index is 1.47. The fraction of sp³-hybridized carbons (Fsp3) is 0.444. The minimum Gasteiger partial charge on any atom is -0.444 e. The smallest absolute Gasteiger partial charge is 0.410 e. The standard InChI is InChI=1S/C36H44N6O12S2/c1-35(2,3)54-34(44)38-21-18-28(19-22-38)37-25-36(26-43)20-17-31(23-39(36)55(49,50)32-13-9-29(10-14-32)40(45)46)42(53-24-27-7-5-4-6-8-27)56(51,52)33-15-11-30(12-16-33)41(47)48/h4-16,26,28,31,37H,17-25H2,1-3H3/t31-,36?/m1/s1. The van der Waals surface area contributed by atoms with E-state index in [1.54, 1.807) is 56.0 Å². The molecule has 0 radical (unpaired) electrons. The number of carbonyl (C=O) groups is 2. The van der Waals surface area contributed by atoms with E-state index in [2.05, 4.69) is 5.32 Å². The van der Waals surface area contributed by atoms with Gasteiger partial charge >= 0.3 is 6.09 Å². The van der Waals surface area contributed by atoms with Crippen LogP contribution in [0.1, 0.15) is 52.0 Å². The molecule has 2 heterocycles. The van der Waals surface area contributed by atoms with E-state index in [9.17, 15) is 46.7 Å². The Morgan fingerprint density at radius 3 is 1.96 bits per heavy atom. The summed E-state index contributed by atoms with van der Waals surface area (Å²) < 4.78 is 64.7. The number of rotatable bonds is 14. The molecule has 0 aromatic heterocycles. The predicted molar refractivity (Wildman–Crippen MR) is 201 cm³/mol. The molecule has 2 fully saturated rings. The van der Waals surface area contributed by atoms with Crippen LogP contribution in [0, 0.1) is 20.2 Å². The van der Waals surface area contributed by atoms with Gasteiger partial charge in [-0.2, -0.15) is 4.31 Å². The fourth-order valence-electron chi connectivity index (χ4n) is 6.56. The van der Waals surface area contributed by atoms with E-state index < -0.39 is 59.7 Å². The van der Waals surface area contributed by atoms with E-state index in [1.165, 1.54) is 0 Å². The van der Waals surface area contributed by atoms with E-state index in [0.717, 1.165) is 52.8 Å². The minimum absolute atomic E-state index is 0.0508. The van der Waals surface area contributed by atoms with Gasteiger partial charge in [-0.25, -0.2) is 21.6 Å². The number of benzene rings is 3. The molecule has 1 unspecified atom stereocenters. The third-order valence-corrected chi connectivity index (χ3v) is 13.3. The largest absolute Gasteiger partial charge is 0.444 e. The second-order valence-corrected chi connectivity index (χ2v) is 18.2. The SMILES string of the molecule is CC(C)(C)OC(=O)N1CCC(NCC2(C=O)CC[C@@H](N(OCc3ccccc3)S(=O)(=O)c3ccc([N+](=O)[O-])cc3)CN2S(=O)(=O)c2ccc([N+](=O)[O-])cc2)CC1. The Bertz CT molecular complexity index is 2110. The molecule has 5 rings (SSSR count). The molecule has 3 aromatic carbocycles. The molecule has 2 aliphatic heterocycles. The zero-order chi connectivity index (χ0) is 40.9. The van der Waals surface area contributed by atoms with Crippen LogP contribution in [0.25, 0.3) is 0 Å². The van der Waals surface area contributed by atoms with Gasteiger partial charge in [0.2, 0.25) is 10.0 Å². The Hall–Kier alpha value is -4.86. The van der Waals surface area contributed by atoms with Gasteiger partial charge in [0.1, 0.15) is 17.4 Å². The van der Waals surface area contributed by atoms with Crippen molar-refractivity contribution in [2.75, 3.05) is 26.2 Å². The number of aldehydes is 1. The van der Waals surface area contributed by atoms with Gasteiger partial charge in [-0.1, -0.05) is 34.8 Å². The summed E-state index contributed by atoms with van der Waals surface area (Å²) in [6, 6.07) is 15.4. The van der Waals surface area contributed by atoms with Crippen molar-refractivity contribution in [3.05, 3.63) is 105 Å². The van der Waals surface area contributed by atoms with Gasteiger partial charge in [0.05, 0.1) is 32.3 Å². The molecule has 0 saturated carbocycles. The molecule has 0 aliphatic carbocycles. The number of hydrogen-bond donors (Lipinski definition) is 1. The maximum atomic E-state index is 14.5. The summed E-state index contributed by atoms with van der Waals surface area (Å²) in [7, 11) is -9.27. The van der Waals surface area contributed by atoms with Crippen LogP contribution in [0.3, 0.4) is 0 Å². The Labute approximate surface area is 324 Å². The number of nitro benzene ring substituents is 2. The number of nitro groups is 2. The number of carbonyl (C=O) groups excluding carboxylic acids is 2. The van der Waals surface area contributed by atoms with Crippen molar-refractivity contribution >= 4 is 43.8 Å². The van der Waals surface area contributed by atoms with E-state index in [-0.39, 0.29) is 53.2 Å². The predicted octanol–water partition coefficient (Wildman–Crippen LogP) is 4.41. The van der Waals surface area contributed by atoms with Gasteiger partial charge in [-0.3, -0.25) is 25.1 Å². The molecule has 0 bridgehead atoms. The zero-order valence-electron chi connectivity index (χ0n) is 31.1. The summed E-state index contributed by atoms with van der Waals surface area (Å²) in [5, 5.41) is 26.0. The molecule has 302 valence electrons. The second kappa shape index (κ2) is 17.1. The van der Waals surface area contributed by atoms with Crippen molar-refractivity contribution < 1.29 is 45.8 Å². The Kier molecular flexibility index (Phi) is 12.9. The van der Waals surface area contributed by atoms with Crippen LogP contribution in [0.5, 0.6) is 0 Å². The number of non-ortho nitro benzene ring substituents is 2. The van der Waals surface area contributed by atoms with E-state index in [0.29, 0.717) is 42.2 Å². The van der Waals surface area contributed by atoms with Gasteiger partial charge < -0.3 is 19.7 Å². The van der Waals surface area contributed by atoms with Crippen molar-refractivity contribution in [1.29, 1.82) is 0 Å². The maximum absolute atomic E-state index is 14.5. The van der Waals surface area contributed by atoms with E-state index >= 15 is 0 Å². The van der Waals surface area contributed by atoms with Gasteiger partial charge in [0.25, 0.3) is 21.4 Å². The molecule has 18 nitrogen and oxygen atoms in total. The number of nitrogens with zero attached hydrogens (tertiary/aromatic N) is 5. The van der Waals surface area contributed by atoms with E-state index in [4.69, 9.17) is 9.57 Å². The molecule has 1 N–H and O–H groups in total. The third kappa shape index (κ3) is 9.74. The first kappa shape index (κ1) is 42.3. The van der Waals surface area contributed by atoms with Crippen molar-refractivity contribution in [2.24, 2.45) is 0 Å². The quantitative estimate of drug-likeness (QED) is 0.135. The van der Waals surface area contributed by atoms with Gasteiger partial charge in [-0.05, 0) is 76.3 Å². The van der Waals surface area contributed by atoms with Crippen LogP contribution in [-0.2, 0) is 41.0 Å². The van der Waals surface area contributed by atoms with Crippen molar-refractivity contribution in [3.63, 3.8) is 0 Å². The monoisotopic (exact) mass is 816 g/mol. The average molecular weight is 817 g/mol. The molecule has 2 saturated heterocycles. The van der Waals surface area contributed by atoms with Gasteiger partial charge in [-0.15, -0.1) is 0 Å². The van der Waals surface area contributed by atoms with Crippen LogP contribution in [0.2, 0.25) is 0 Å². The minimum atomic E-state index is -4.66. The van der Waals surface area contributed by atoms with Crippen LogP contribution in [0.15, 0.2) is 88.7 Å². The molecule has 0 spiro atoms. The van der Waals surface area contributed by atoms with Crippen LogP contribution in [0.4, 0.5) is 16.2 Å². The third-order valence-electron chi connectivity index (χ3n) is 9.56. The summed E-state index contributed by atoms with van der Waals surface area (Å²) in [6.45, 7) is 5.00. The number of likely N-dealkylation sites (tertiary alicyclic amines) is 1. The molecule has 2 aliphatic rings. The number of nitrogens with one attached hydrogen (secondary N) is 1. The first-order valence-electron chi connectivity index (χ1n) is 17.8. The molecular formula is C36H44N6O12S2. The highest BCUT2D eigenvalue weighted by atomic mass is 32.2. The molecule has 1 amide bonds. The average Bonchev–Trinajstić information content (AvgIpc) is 3.17. The van der Waals surface area contributed by atoms with Crippen LogP contribution < -0.4 is 5.32 Å². The lowest BCUT2D eigenvalue weighted by Gasteiger charge is -2.47. The Morgan fingerprint density at radius 2 is 1.45 bits per heavy atom. The Morgan fingerprint density at radius 1 is 0.893 bits per heavy atom. The number of sulfonamides is 2. The van der Waals surface area contributed by atoms with Crippen LogP contribution >= 0.6 is 0 Å². The summed E-state index contributed by atoms with van der Waals surface area (Å²) in [5.74, 6) is 0. The summed E-state index contributed by atoms with van der Waals surface area (Å²) in [6.07, 6.45) is 0.778. The highest BCUT2D eigenvalue weighted by molar-refractivity contribution is 7.89. The van der Waals surface area contributed by atoms with Crippen LogP contribution in [-0.4, -0.2) is 102 Å². The van der Waals surface area contributed by atoms with E-state index in [1.807, 2.05) is 0 Å². The number of amides is 1. The topological polar surface area (TPSA) is 229 Å². The molecule has 56 heavy (non-hydrogen) atoms. The number of hydrogen-bond acceptors (Lipinski definition) is 13. The normalized spacial score (nSPS) is 20.1. The highest BCUT2D eigenvalue weighted by Gasteiger charge is 2.51. The van der Waals surface area contributed by atoms with Crippen molar-refractivity contribution in [2.45, 2.75) is 86.1 Å². The maximum Gasteiger partial charge on any atom is 0.410 e. The fourth-order valence-corrected chi connectivity index (χ4v) is 9.78. The highest BCUT2D eigenvalue weighted by Crippen LogP contribution is 2.37. The van der Waals surface area contributed by atoms with Crippen molar-refractivity contribution in [1.82, 2.24) is 19.0 Å². The lowest BCUT2D eigenvalue weighted by molar-refractivity contribution is -0.385. The first-order valence-corrected chi connectivity index (χ1v) is 20.6. The molecule has 3 aromatic rings. The summed E-state index contributed by atoms with van der Waals surface area (Å²) >= 11 is 0. The van der Waals surface area contributed by atoms with Gasteiger partial charge in [0.15, 0.2) is 0 Å². The zero-order valence-corrected chi connectivity index (χ0v) is 32.7. The molecule has 20 heteroatoms. The summed E-state index contributed by atoms with van der Waals surface area (Å²) in [5.41, 5.74) is -2.55. The lowest BCUT2D eigenvalue weighted by Crippen LogP contribution is -2.66. The van der Waals surface area contributed by atoms with Crippen molar-refractivity contribution in [3.8, 4) is 0 Å². The summed E-state index contributed by atoms with van der Waals surface area (Å²) in [4.78, 5) is 54.0. The molecule has 2 atom stereocenters. The van der Waals surface area contributed by atoms with Gasteiger partial charge in [0, 0.05) is 56.5 Å². The number of hydroxylamine groups is 1. The number of ether oxygens (including phenoxy) is 1. The molecular weight excluding hydrogens is 773 g/mol. The number of piperidine rings is 2. The lowest BCUT2D eigenvalue weighted by atomic mass is 9.87. The first-order chi connectivity index (χ1) is 26.4.